The second-order valence-corrected chi connectivity index (χ2v) is 6.70. The fourth-order valence-electron chi connectivity index (χ4n) is 1.84. The van der Waals surface area contributed by atoms with E-state index in [1.165, 1.54) is 30.0 Å². The van der Waals surface area contributed by atoms with Gasteiger partial charge in [0.2, 0.25) is 11.1 Å². The van der Waals surface area contributed by atoms with Gasteiger partial charge in [-0.1, -0.05) is 30.3 Å². The zero-order valence-electron chi connectivity index (χ0n) is 13.1. The van der Waals surface area contributed by atoms with Gasteiger partial charge in [-0.05, 0) is 19.4 Å². The van der Waals surface area contributed by atoms with Crippen molar-refractivity contribution in [1.82, 2.24) is 15.2 Å². The summed E-state index contributed by atoms with van der Waals surface area (Å²) in [5.74, 6) is 0.489. The van der Waals surface area contributed by atoms with Gasteiger partial charge in [-0.2, -0.15) is 0 Å². The highest BCUT2D eigenvalue weighted by Gasteiger charge is 2.19. The summed E-state index contributed by atoms with van der Waals surface area (Å²) in [6, 6.07) is 3.88. The Hall–Kier alpha value is -2.13. The van der Waals surface area contributed by atoms with Gasteiger partial charge in [0.15, 0.2) is 0 Å². The Bertz CT molecular complexity index is 752. The molecule has 0 aliphatic carbocycles. The van der Waals surface area contributed by atoms with Crippen LogP contribution < -0.4 is 5.32 Å². The molecule has 1 atom stereocenters. The largest absolute Gasteiger partial charge is 0.324 e. The molecule has 24 heavy (non-hydrogen) atoms. The molecular weight excluding hydrogens is 354 g/mol. The maximum absolute atomic E-state index is 12.2. The number of nitrogens with one attached hydrogen (secondary N) is 2. The van der Waals surface area contributed by atoms with E-state index in [-0.39, 0.29) is 16.6 Å². The van der Waals surface area contributed by atoms with E-state index in [0.717, 1.165) is 18.7 Å². The second kappa shape index (κ2) is 8.11. The predicted molar refractivity (Wildman–Crippen MR) is 92.4 cm³/mol. The van der Waals surface area contributed by atoms with Crippen LogP contribution in [-0.2, 0) is 11.2 Å². The second-order valence-electron chi connectivity index (χ2n) is 4.99. The number of anilines is 1. The number of hydrogen-bond acceptors (Lipinski definition) is 6. The van der Waals surface area contributed by atoms with Crippen LogP contribution in [-0.4, -0.2) is 31.3 Å². The number of thioether (sulfide) groups is 1. The molecular formula is C14H16ClN5O3S. The summed E-state index contributed by atoms with van der Waals surface area (Å²) in [5.41, 5.74) is 0.186. The number of halogens is 1. The van der Waals surface area contributed by atoms with E-state index < -0.39 is 10.2 Å². The molecule has 128 valence electrons. The van der Waals surface area contributed by atoms with E-state index in [1.807, 2.05) is 6.92 Å². The number of aromatic nitrogens is 3. The van der Waals surface area contributed by atoms with Gasteiger partial charge in [0, 0.05) is 18.6 Å². The van der Waals surface area contributed by atoms with Crippen molar-refractivity contribution in [2.45, 2.75) is 37.1 Å². The summed E-state index contributed by atoms with van der Waals surface area (Å²) < 4.78 is 0. The van der Waals surface area contributed by atoms with Gasteiger partial charge >= 0.3 is 0 Å². The molecule has 0 saturated heterocycles. The minimum atomic E-state index is -0.549. The van der Waals surface area contributed by atoms with Crippen LogP contribution in [0, 0.1) is 10.1 Å². The zero-order chi connectivity index (χ0) is 17.7. The molecule has 2 aromatic rings. The number of H-pyrrole nitrogens is 1. The Labute approximate surface area is 147 Å². The number of nitrogens with zero attached hydrogens (tertiary/aromatic N) is 3. The summed E-state index contributed by atoms with van der Waals surface area (Å²) >= 11 is 7.18. The van der Waals surface area contributed by atoms with Crippen molar-refractivity contribution in [1.29, 1.82) is 0 Å². The van der Waals surface area contributed by atoms with Gasteiger partial charge < -0.3 is 5.32 Å². The average Bonchev–Trinajstić information content (AvgIpc) is 2.96. The van der Waals surface area contributed by atoms with Crippen LogP contribution in [0.2, 0.25) is 5.02 Å². The fourth-order valence-corrected chi connectivity index (χ4v) is 2.81. The molecule has 1 amide bonds. The Morgan fingerprint density at radius 2 is 2.29 bits per heavy atom. The normalized spacial score (nSPS) is 12.0. The molecule has 0 radical (unpaired) electrons. The third-order valence-corrected chi connectivity index (χ3v) is 4.34. The van der Waals surface area contributed by atoms with E-state index >= 15 is 0 Å². The quantitative estimate of drug-likeness (QED) is 0.439. The van der Waals surface area contributed by atoms with Crippen molar-refractivity contribution >= 4 is 40.6 Å². The Morgan fingerprint density at radius 3 is 2.92 bits per heavy atom. The van der Waals surface area contributed by atoms with Crippen LogP contribution >= 0.6 is 23.4 Å². The number of carbonyl (C=O) groups is 1. The topological polar surface area (TPSA) is 114 Å². The lowest BCUT2D eigenvalue weighted by atomic mass is 10.2. The van der Waals surface area contributed by atoms with Crippen molar-refractivity contribution in [3.05, 3.63) is 39.2 Å². The number of hydrogen-bond donors (Lipinski definition) is 2. The first kappa shape index (κ1) is 18.2. The third kappa shape index (κ3) is 4.68. The molecule has 0 bridgehead atoms. The number of aryl methyl sites for hydroxylation is 1. The highest BCUT2D eigenvalue weighted by atomic mass is 35.5. The molecule has 1 aromatic heterocycles. The van der Waals surface area contributed by atoms with Gasteiger partial charge in [-0.3, -0.25) is 20.0 Å². The lowest BCUT2D eigenvalue weighted by Crippen LogP contribution is -2.22. The van der Waals surface area contributed by atoms with E-state index in [0.29, 0.717) is 10.8 Å². The molecule has 2 rings (SSSR count). The third-order valence-electron chi connectivity index (χ3n) is 3.07. The molecule has 0 saturated carbocycles. The molecule has 10 heteroatoms. The van der Waals surface area contributed by atoms with E-state index in [2.05, 4.69) is 20.5 Å². The minimum absolute atomic E-state index is 0.109. The number of aromatic amines is 1. The lowest BCUT2D eigenvalue weighted by Gasteiger charge is -2.11. The van der Waals surface area contributed by atoms with Crippen LogP contribution in [0.15, 0.2) is 23.4 Å². The van der Waals surface area contributed by atoms with Crippen molar-refractivity contribution in [2.75, 3.05) is 5.32 Å². The molecule has 0 unspecified atom stereocenters. The predicted octanol–water partition coefficient (Wildman–Crippen LogP) is 3.44. The number of nitro benzene ring substituents is 1. The molecule has 0 aliphatic rings. The van der Waals surface area contributed by atoms with Gasteiger partial charge in [-0.25, -0.2) is 4.98 Å². The lowest BCUT2D eigenvalue weighted by molar-refractivity contribution is -0.384. The number of benzene rings is 1. The summed E-state index contributed by atoms with van der Waals surface area (Å²) in [4.78, 5) is 26.7. The van der Waals surface area contributed by atoms with Crippen LogP contribution in [0.3, 0.4) is 0 Å². The number of nitro groups is 1. The van der Waals surface area contributed by atoms with Gasteiger partial charge in [0.25, 0.3) is 5.69 Å². The SMILES string of the molecule is CCCc1nc(S[C@@H](C)C(=O)Nc2ccc([N+](=O)[O-])cc2Cl)n[nH]1. The highest BCUT2D eigenvalue weighted by molar-refractivity contribution is 8.00. The Kier molecular flexibility index (Phi) is 6.16. The first-order valence-corrected chi connectivity index (χ1v) is 8.49. The van der Waals surface area contributed by atoms with Crippen molar-refractivity contribution in [3.8, 4) is 0 Å². The van der Waals surface area contributed by atoms with Crippen LogP contribution in [0.25, 0.3) is 0 Å². The number of carbonyl (C=O) groups excluding carboxylic acids is 1. The van der Waals surface area contributed by atoms with Crippen molar-refractivity contribution in [2.24, 2.45) is 0 Å². The number of amides is 1. The van der Waals surface area contributed by atoms with Crippen LogP contribution in [0.4, 0.5) is 11.4 Å². The maximum atomic E-state index is 12.2. The molecule has 0 spiro atoms. The molecule has 2 N–H and O–H groups in total. The number of rotatable bonds is 7. The standard InChI is InChI=1S/C14H16ClN5O3S/c1-3-4-12-17-14(19-18-12)24-8(2)13(21)16-11-6-5-9(20(22)23)7-10(11)15/h5-8H,3-4H2,1-2H3,(H,16,21)(H,17,18,19)/t8-/m0/s1. The average molecular weight is 370 g/mol. The Balaban J connectivity index is 1.99. The van der Waals surface area contributed by atoms with E-state index in [1.54, 1.807) is 6.92 Å². The summed E-state index contributed by atoms with van der Waals surface area (Å²) in [7, 11) is 0. The van der Waals surface area contributed by atoms with Crippen molar-refractivity contribution < 1.29 is 9.72 Å². The summed E-state index contributed by atoms with van der Waals surface area (Å²) in [6.45, 7) is 3.76. The fraction of sp³-hybridized carbons (Fsp3) is 0.357. The Morgan fingerprint density at radius 1 is 1.54 bits per heavy atom. The summed E-state index contributed by atoms with van der Waals surface area (Å²) in [6.07, 6.45) is 1.75. The van der Waals surface area contributed by atoms with E-state index in [9.17, 15) is 14.9 Å². The van der Waals surface area contributed by atoms with E-state index in [4.69, 9.17) is 11.6 Å². The summed E-state index contributed by atoms with van der Waals surface area (Å²) in [5, 5.41) is 20.4. The number of non-ortho nitro benzene ring substituents is 1. The van der Waals surface area contributed by atoms with Crippen molar-refractivity contribution in [3.63, 3.8) is 0 Å². The van der Waals surface area contributed by atoms with Crippen LogP contribution in [0.1, 0.15) is 26.1 Å². The first-order chi connectivity index (χ1) is 11.4. The van der Waals surface area contributed by atoms with Crippen LogP contribution in [0.5, 0.6) is 0 Å². The monoisotopic (exact) mass is 369 g/mol. The molecule has 0 fully saturated rings. The van der Waals surface area contributed by atoms with Gasteiger partial charge in [0.1, 0.15) is 5.82 Å². The minimum Gasteiger partial charge on any atom is -0.324 e. The highest BCUT2D eigenvalue weighted by Crippen LogP contribution is 2.28. The smallest absolute Gasteiger partial charge is 0.271 e. The molecule has 1 aromatic carbocycles. The van der Waals surface area contributed by atoms with Gasteiger partial charge in [-0.15, -0.1) is 5.10 Å². The molecule has 1 heterocycles. The van der Waals surface area contributed by atoms with Gasteiger partial charge in [0.05, 0.1) is 20.9 Å². The maximum Gasteiger partial charge on any atom is 0.271 e. The zero-order valence-corrected chi connectivity index (χ0v) is 14.6. The first-order valence-electron chi connectivity index (χ1n) is 7.23. The molecule has 0 aliphatic heterocycles. The molecule has 8 nitrogen and oxygen atoms in total.